The van der Waals surface area contributed by atoms with Crippen LogP contribution in [0.15, 0.2) is 22.9 Å². The van der Waals surface area contributed by atoms with E-state index in [-0.39, 0.29) is 0 Å². The van der Waals surface area contributed by atoms with E-state index in [9.17, 15) is 0 Å². The highest BCUT2D eigenvalue weighted by molar-refractivity contribution is 9.10. The summed E-state index contributed by atoms with van der Waals surface area (Å²) >= 11 is 3.50. The Morgan fingerprint density at radius 3 is 2.79 bits per heavy atom. The lowest BCUT2D eigenvalue weighted by Gasteiger charge is -2.34. The van der Waals surface area contributed by atoms with Crippen LogP contribution >= 0.6 is 15.9 Å². The SMILES string of the molecule is C[C@H]1CN(c2cncc(Br)c2)C[C@@H]1N1CCOCC1. The second-order valence-corrected chi connectivity index (χ2v) is 6.37. The average Bonchev–Trinajstić information content (AvgIpc) is 2.82. The highest BCUT2D eigenvalue weighted by atomic mass is 79.9. The normalized spacial score (nSPS) is 28.8. The van der Waals surface area contributed by atoms with Gasteiger partial charge in [-0.25, -0.2) is 0 Å². The first kappa shape index (κ1) is 13.3. The molecule has 2 atom stereocenters. The van der Waals surface area contributed by atoms with Crippen LogP contribution in [0.5, 0.6) is 0 Å². The monoisotopic (exact) mass is 325 g/mol. The van der Waals surface area contributed by atoms with E-state index in [2.05, 4.69) is 43.7 Å². The predicted octanol–water partition coefficient (Wildman–Crippen LogP) is 2.00. The number of halogens is 1. The van der Waals surface area contributed by atoms with Crippen molar-refractivity contribution in [3.8, 4) is 0 Å². The van der Waals surface area contributed by atoms with Crippen LogP contribution < -0.4 is 4.90 Å². The second kappa shape index (κ2) is 5.77. The van der Waals surface area contributed by atoms with Crippen molar-refractivity contribution in [2.45, 2.75) is 13.0 Å². The van der Waals surface area contributed by atoms with Gasteiger partial charge in [-0.3, -0.25) is 9.88 Å². The number of aromatic nitrogens is 1. The number of anilines is 1. The predicted molar refractivity (Wildman–Crippen MR) is 79.5 cm³/mol. The van der Waals surface area contributed by atoms with Gasteiger partial charge in [0.15, 0.2) is 0 Å². The summed E-state index contributed by atoms with van der Waals surface area (Å²) in [7, 11) is 0. The third-order valence-corrected chi connectivity index (χ3v) is 4.58. The van der Waals surface area contributed by atoms with Gasteiger partial charge in [0.05, 0.1) is 25.1 Å². The fourth-order valence-electron chi connectivity index (χ4n) is 3.12. The largest absolute Gasteiger partial charge is 0.379 e. The zero-order chi connectivity index (χ0) is 13.2. The van der Waals surface area contributed by atoms with Crippen LogP contribution in [0, 0.1) is 5.92 Å². The van der Waals surface area contributed by atoms with E-state index in [4.69, 9.17) is 4.74 Å². The smallest absolute Gasteiger partial charge is 0.0594 e. The Kier molecular flexibility index (Phi) is 4.05. The van der Waals surface area contributed by atoms with Crippen LogP contribution in [0.1, 0.15) is 6.92 Å². The molecule has 0 spiro atoms. The van der Waals surface area contributed by atoms with Crippen molar-refractivity contribution in [1.29, 1.82) is 0 Å². The minimum atomic E-state index is 0.642. The van der Waals surface area contributed by atoms with E-state index in [0.29, 0.717) is 12.0 Å². The Morgan fingerprint density at radius 1 is 1.26 bits per heavy atom. The van der Waals surface area contributed by atoms with Gasteiger partial charge >= 0.3 is 0 Å². The molecule has 19 heavy (non-hydrogen) atoms. The van der Waals surface area contributed by atoms with Crippen LogP contribution in [0.3, 0.4) is 0 Å². The molecule has 1 aromatic heterocycles. The highest BCUT2D eigenvalue weighted by Gasteiger charge is 2.34. The lowest BCUT2D eigenvalue weighted by atomic mass is 10.0. The van der Waals surface area contributed by atoms with Crippen molar-refractivity contribution in [2.24, 2.45) is 5.92 Å². The molecule has 3 rings (SSSR count). The summed E-state index contributed by atoms with van der Waals surface area (Å²) in [5.74, 6) is 0.692. The van der Waals surface area contributed by atoms with Gasteiger partial charge < -0.3 is 9.64 Å². The molecule has 0 unspecified atom stereocenters. The van der Waals surface area contributed by atoms with Gasteiger partial charge in [0.25, 0.3) is 0 Å². The van der Waals surface area contributed by atoms with E-state index in [0.717, 1.165) is 43.9 Å². The van der Waals surface area contributed by atoms with Crippen molar-refractivity contribution < 1.29 is 4.74 Å². The molecule has 2 aliphatic heterocycles. The summed E-state index contributed by atoms with van der Waals surface area (Å²) in [4.78, 5) is 9.30. The standard InChI is InChI=1S/C14H20BrN3O/c1-11-9-18(13-6-12(15)7-16-8-13)10-14(11)17-2-4-19-5-3-17/h6-8,11,14H,2-5,9-10H2,1H3/t11-,14-/m0/s1. The average molecular weight is 326 g/mol. The quantitative estimate of drug-likeness (QED) is 0.831. The van der Waals surface area contributed by atoms with Gasteiger partial charge in [-0.05, 0) is 27.9 Å². The molecule has 0 aliphatic carbocycles. The Bertz CT molecular complexity index is 436. The maximum atomic E-state index is 5.45. The molecule has 0 saturated carbocycles. The summed E-state index contributed by atoms with van der Waals surface area (Å²) in [6.45, 7) is 8.45. The Hall–Kier alpha value is -0.650. The molecule has 2 aliphatic rings. The summed E-state index contributed by atoms with van der Waals surface area (Å²) in [5, 5.41) is 0. The second-order valence-electron chi connectivity index (χ2n) is 5.46. The first-order chi connectivity index (χ1) is 9.24. The van der Waals surface area contributed by atoms with Crippen molar-refractivity contribution >= 4 is 21.6 Å². The number of pyridine rings is 1. The molecular formula is C14H20BrN3O. The Balaban J connectivity index is 1.70. The maximum Gasteiger partial charge on any atom is 0.0594 e. The van der Waals surface area contributed by atoms with Crippen molar-refractivity contribution in [3.63, 3.8) is 0 Å². The molecule has 0 aromatic carbocycles. The first-order valence-electron chi connectivity index (χ1n) is 6.91. The molecule has 5 heteroatoms. The lowest BCUT2D eigenvalue weighted by Crippen LogP contribution is -2.46. The highest BCUT2D eigenvalue weighted by Crippen LogP contribution is 2.28. The van der Waals surface area contributed by atoms with Crippen molar-refractivity contribution in [1.82, 2.24) is 9.88 Å². The summed E-state index contributed by atoms with van der Waals surface area (Å²) in [6.07, 6.45) is 3.79. The third-order valence-electron chi connectivity index (χ3n) is 4.14. The molecule has 0 bridgehead atoms. The van der Waals surface area contributed by atoms with Gasteiger partial charge in [-0.15, -0.1) is 0 Å². The third kappa shape index (κ3) is 2.93. The Labute approximate surface area is 122 Å². The molecule has 0 radical (unpaired) electrons. The van der Waals surface area contributed by atoms with Gasteiger partial charge in [-0.1, -0.05) is 6.92 Å². The lowest BCUT2D eigenvalue weighted by molar-refractivity contribution is 0.0134. The fourth-order valence-corrected chi connectivity index (χ4v) is 3.47. The van der Waals surface area contributed by atoms with E-state index in [1.54, 1.807) is 0 Å². The van der Waals surface area contributed by atoms with Crippen LogP contribution in [0.4, 0.5) is 5.69 Å². The van der Waals surface area contributed by atoms with Crippen molar-refractivity contribution in [3.05, 3.63) is 22.9 Å². The van der Waals surface area contributed by atoms with Crippen LogP contribution in [-0.2, 0) is 4.74 Å². The van der Waals surface area contributed by atoms with Crippen molar-refractivity contribution in [2.75, 3.05) is 44.3 Å². The van der Waals surface area contributed by atoms with E-state index in [1.807, 2.05) is 12.4 Å². The van der Waals surface area contributed by atoms with E-state index < -0.39 is 0 Å². The number of ether oxygens (including phenoxy) is 1. The maximum absolute atomic E-state index is 5.45. The molecule has 0 N–H and O–H groups in total. The minimum absolute atomic E-state index is 0.642. The molecule has 2 saturated heterocycles. The number of hydrogen-bond acceptors (Lipinski definition) is 4. The van der Waals surface area contributed by atoms with Gasteiger partial charge in [0.2, 0.25) is 0 Å². The molecule has 3 heterocycles. The molecule has 1 aromatic rings. The summed E-state index contributed by atoms with van der Waals surface area (Å²) in [6, 6.07) is 2.80. The Morgan fingerprint density at radius 2 is 2.05 bits per heavy atom. The van der Waals surface area contributed by atoms with E-state index in [1.165, 1.54) is 5.69 Å². The number of hydrogen-bond donors (Lipinski definition) is 0. The number of nitrogens with zero attached hydrogens (tertiary/aromatic N) is 3. The number of morpholine rings is 1. The zero-order valence-corrected chi connectivity index (χ0v) is 12.8. The zero-order valence-electron chi connectivity index (χ0n) is 11.3. The van der Waals surface area contributed by atoms with Crippen LogP contribution in [0.25, 0.3) is 0 Å². The van der Waals surface area contributed by atoms with E-state index >= 15 is 0 Å². The molecule has 2 fully saturated rings. The van der Waals surface area contributed by atoms with Gasteiger partial charge in [0.1, 0.15) is 0 Å². The molecule has 4 nitrogen and oxygen atoms in total. The molecule has 0 amide bonds. The fraction of sp³-hybridized carbons (Fsp3) is 0.643. The first-order valence-corrected chi connectivity index (χ1v) is 7.70. The number of rotatable bonds is 2. The van der Waals surface area contributed by atoms with Crippen LogP contribution in [-0.4, -0.2) is 55.3 Å². The molecule has 104 valence electrons. The molecular weight excluding hydrogens is 306 g/mol. The van der Waals surface area contributed by atoms with Gasteiger partial charge in [0, 0.05) is 42.9 Å². The van der Waals surface area contributed by atoms with Crippen LogP contribution in [0.2, 0.25) is 0 Å². The summed E-state index contributed by atoms with van der Waals surface area (Å²) < 4.78 is 6.50. The topological polar surface area (TPSA) is 28.6 Å². The minimum Gasteiger partial charge on any atom is -0.379 e. The van der Waals surface area contributed by atoms with Gasteiger partial charge in [-0.2, -0.15) is 0 Å². The summed E-state index contributed by atoms with van der Waals surface area (Å²) in [5.41, 5.74) is 1.22.